The molecule has 0 bridgehead atoms. The highest BCUT2D eigenvalue weighted by Crippen LogP contribution is 2.10. The molecule has 0 aromatic rings. The van der Waals surface area contributed by atoms with E-state index in [1.54, 1.807) is 14.2 Å². The molecule has 6 heteroatoms. The largest absolute Gasteiger partial charge is 0.469 e. The molecule has 0 amide bonds. The van der Waals surface area contributed by atoms with Crippen LogP contribution in [0.1, 0.15) is 6.42 Å². The van der Waals surface area contributed by atoms with Crippen LogP contribution in [0.25, 0.3) is 0 Å². The lowest BCUT2D eigenvalue weighted by molar-refractivity contribution is -0.154. The van der Waals surface area contributed by atoms with Crippen LogP contribution in [-0.2, 0) is 19.0 Å². The summed E-state index contributed by atoms with van der Waals surface area (Å²) in [4.78, 5) is 5.65. The molecular weight excluding hydrogens is 262 g/mol. The Kier molecular flexibility index (Phi) is 8.56. The topological polar surface area (TPSA) is 43.5 Å². The van der Waals surface area contributed by atoms with Crippen molar-refractivity contribution in [1.82, 2.24) is 5.06 Å². The zero-order valence-electron chi connectivity index (χ0n) is 11.8. The highest BCUT2D eigenvalue weighted by Gasteiger charge is 2.23. The number of epoxide rings is 1. The Morgan fingerprint density at radius 2 is 2.21 bits per heavy atom. The molecule has 1 fully saturated rings. The summed E-state index contributed by atoms with van der Waals surface area (Å²) in [5.74, 6) is 0.586. The molecule has 1 atom stereocenters. The Hall–Kier alpha value is -0.823. The Labute approximate surface area is 117 Å². The fourth-order valence-corrected chi connectivity index (χ4v) is 2.33. The normalized spacial score (nSPS) is 17.1. The zero-order valence-corrected chi connectivity index (χ0v) is 12.8. The molecule has 108 valence electrons. The third-order valence-corrected chi connectivity index (χ3v) is 3.61. The summed E-state index contributed by atoms with van der Waals surface area (Å²) in [5, 5.41) is 1.94. The molecule has 1 aliphatic heterocycles. The Morgan fingerprint density at radius 1 is 1.47 bits per heavy atom. The maximum Gasteiger partial charge on any atom is 0.269 e. The molecule has 19 heavy (non-hydrogen) atoms. The number of hydroxylamine groups is 2. The van der Waals surface area contributed by atoms with Gasteiger partial charge < -0.3 is 14.2 Å². The van der Waals surface area contributed by atoms with Gasteiger partial charge in [-0.1, -0.05) is 12.1 Å². The molecule has 1 rings (SSSR count). The lowest BCUT2D eigenvalue weighted by Crippen LogP contribution is -2.27. The van der Waals surface area contributed by atoms with Crippen molar-refractivity contribution in [2.24, 2.45) is 0 Å². The molecule has 0 aromatic heterocycles. The smallest absolute Gasteiger partial charge is 0.269 e. The van der Waals surface area contributed by atoms with Crippen molar-refractivity contribution in [2.45, 2.75) is 18.6 Å². The van der Waals surface area contributed by atoms with E-state index >= 15 is 0 Å². The van der Waals surface area contributed by atoms with Gasteiger partial charge in [0, 0.05) is 13.1 Å². The lowest BCUT2D eigenvalue weighted by atomic mass is 10.4. The van der Waals surface area contributed by atoms with Crippen LogP contribution >= 0.6 is 0 Å². The fourth-order valence-electron chi connectivity index (χ4n) is 1.42. The van der Waals surface area contributed by atoms with E-state index in [9.17, 15) is 0 Å². The molecule has 1 heterocycles. The first-order chi connectivity index (χ1) is 9.30. The third kappa shape index (κ3) is 8.04. The summed E-state index contributed by atoms with van der Waals surface area (Å²) >= 11 is 0. The number of ether oxygens (including phenoxy) is 3. The Morgan fingerprint density at radius 3 is 2.79 bits per heavy atom. The first-order valence-electron chi connectivity index (χ1n) is 6.42. The zero-order chi connectivity index (χ0) is 13.9. The molecule has 2 radical (unpaired) electrons. The van der Waals surface area contributed by atoms with E-state index in [4.69, 9.17) is 19.0 Å². The number of hydrogen-bond acceptors (Lipinski definition) is 5. The van der Waals surface area contributed by atoms with E-state index in [2.05, 4.69) is 6.58 Å². The highest BCUT2D eigenvalue weighted by atomic mass is 28.2. The minimum atomic E-state index is 0.295. The first kappa shape index (κ1) is 16.2. The van der Waals surface area contributed by atoms with Gasteiger partial charge in [0.2, 0.25) is 0 Å². The SMILES string of the molecule is C=CCN(CCC[Si]C=C(OC)OC)OCC1CO1. The van der Waals surface area contributed by atoms with Crippen LogP contribution < -0.4 is 0 Å². The van der Waals surface area contributed by atoms with Gasteiger partial charge in [-0.2, -0.15) is 5.06 Å². The lowest BCUT2D eigenvalue weighted by Gasteiger charge is -2.19. The minimum Gasteiger partial charge on any atom is -0.469 e. The second kappa shape index (κ2) is 10.0. The van der Waals surface area contributed by atoms with E-state index in [-0.39, 0.29) is 0 Å². The van der Waals surface area contributed by atoms with Gasteiger partial charge in [0.25, 0.3) is 5.95 Å². The van der Waals surface area contributed by atoms with Crippen LogP contribution in [-0.4, -0.2) is 61.2 Å². The summed E-state index contributed by atoms with van der Waals surface area (Å²) in [6, 6.07) is 1.09. The predicted molar refractivity (Wildman–Crippen MR) is 74.7 cm³/mol. The van der Waals surface area contributed by atoms with Crippen LogP contribution in [0.4, 0.5) is 0 Å². The van der Waals surface area contributed by atoms with Gasteiger partial charge >= 0.3 is 0 Å². The van der Waals surface area contributed by atoms with Crippen molar-refractivity contribution >= 4 is 9.52 Å². The van der Waals surface area contributed by atoms with Gasteiger partial charge in [0.1, 0.15) is 6.10 Å². The van der Waals surface area contributed by atoms with Gasteiger partial charge in [-0.3, -0.25) is 4.84 Å². The van der Waals surface area contributed by atoms with Crippen molar-refractivity contribution in [3.63, 3.8) is 0 Å². The molecule has 0 saturated carbocycles. The van der Waals surface area contributed by atoms with E-state index in [1.807, 2.05) is 16.8 Å². The molecule has 0 aliphatic carbocycles. The van der Waals surface area contributed by atoms with Crippen LogP contribution in [0.2, 0.25) is 6.04 Å². The van der Waals surface area contributed by atoms with Crippen LogP contribution in [0, 0.1) is 0 Å². The van der Waals surface area contributed by atoms with Crippen molar-refractivity contribution < 1.29 is 19.0 Å². The second-order valence-electron chi connectivity index (χ2n) is 4.11. The molecule has 0 aromatic carbocycles. The van der Waals surface area contributed by atoms with Gasteiger partial charge in [-0.05, 0) is 12.1 Å². The van der Waals surface area contributed by atoms with Gasteiger partial charge in [-0.15, -0.1) is 6.58 Å². The van der Waals surface area contributed by atoms with Crippen molar-refractivity contribution in [3.05, 3.63) is 24.3 Å². The summed E-state index contributed by atoms with van der Waals surface area (Å²) in [7, 11) is 3.91. The number of methoxy groups -OCH3 is 2. The van der Waals surface area contributed by atoms with Crippen LogP contribution in [0.5, 0.6) is 0 Å². The number of rotatable bonds is 12. The quantitative estimate of drug-likeness (QED) is 0.135. The summed E-state index contributed by atoms with van der Waals surface area (Å²) < 4.78 is 15.2. The first-order valence-corrected chi connectivity index (χ1v) is 7.70. The second-order valence-corrected chi connectivity index (χ2v) is 5.30. The summed E-state index contributed by atoms with van der Waals surface area (Å²) in [6.45, 7) is 6.85. The minimum absolute atomic E-state index is 0.295. The van der Waals surface area contributed by atoms with E-state index in [1.165, 1.54) is 0 Å². The molecular formula is C13H23NO4Si. The van der Waals surface area contributed by atoms with Crippen molar-refractivity contribution in [1.29, 1.82) is 0 Å². The van der Waals surface area contributed by atoms with Gasteiger partial charge in [-0.25, -0.2) is 0 Å². The maximum absolute atomic E-state index is 5.65. The molecule has 0 spiro atoms. The molecule has 1 saturated heterocycles. The monoisotopic (exact) mass is 285 g/mol. The fraction of sp³-hybridized carbons (Fsp3) is 0.692. The van der Waals surface area contributed by atoms with E-state index in [0.717, 1.165) is 32.2 Å². The van der Waals surface area contributed by atoms with Crippen molar-refractivity contribution in [3.8, 4) is 0 Å². The third-order valence-electron chi connectivity index (χ3n) is 2.53. The van der Waals surface area contributed by atoms with E-state index in [0.29, 0.717) is 28.2 Å². The number of nitrogens with zero attached hydrogens (tertiary/aromatic N) is 1. The number of hydrogen-bond donors (Lipinski definition) is 0. The van der Waals surface area contributed by atoms with Gasteiger partial charge in [0.05, 0.1) is 37.0 Å². The van der Waals surface area contributed by atoms with Crippen LogP contribution in [0.3, 0.4) is 0 Å². The highest BCUT2D eigenvalue weighted by molar-refractivity contribution is 6.42. The van der Waals surface area contributed by atoms with E-state index < -0.39 is 0 Å². The standard InChI is InChI=1S/C13H23NO4Si/c1-4-6-14(18-10-12-9-17-12)7-5-8-19-11-13(15-2)16-3/h4,11-12H,1,5-10H2,2-3H3. The predicted octanol–water partition coefficient (Wildman–Crippen LogP) is 1.41. The molecule has 5 nitrogen and oxygen atoms in total. The average Bonchev–Trinajstić information content (AvgIpc) is 3.24. The summed E-state index contributed by atoms with van der Waals surface area (Å²) in [5.41, 5.74) is 1.98. The van der Waals surface area contributed by atoms with Gasteiger partial charge in [0.15, 0.2) is 0 Å². The molecule has 1 aliphatic rings. The molecule has 0 N–H and O–H groups in total. The summed E-state index contributed by atoms with van der Waals surface area (Å²) in [6.07, 6.45) is 3.21. The molecule has 1 unspecified atom stereocenters. The average molecular weight is 285 g/mol. The maximum atomic E-state index is 5.65. The van der Waals surface area contributed by atoms with Crippen LogP contribution in [0.15, 0.2) is 24.3 Å². The Balaban J connectivity index is 2.08. The Bertz CT molecular complexity index is 276. The van der Waals surface area contributed by atoms with Crippen molar-refractivity contribution in [2.75, 3.05) is 40.5 Å².